The van der Waals surface area contributed by atoms with Gasteiger partial charge < -0.3 is 10.6 Å². The molecule has 1 aliphatic rings. The topological polar surface area (TPSA) is 58.6 Å². The van der Waals surface area contributed by atoms with E-state index < -0.39 is 0 Å². The van der Waals surface area contributed by atoms with Crippen LogP contribution in [0.1, 0.15) is 18.1 Å². The van der Waals surface area contributed by atoms with E-state index >= 15 is 0 Å². The largest absolute Gasteiger partial charge is 0.342 e. The zero-order chi connectivity index (χ0) is 15.8. The number of para-hydroxylation sites is 1. The number of hydrogen-bond acceptors (Lipinski definition) is 3. The first-order chi connectivity index (χ1) is 11.2. The SMILES string of the molecule is CC(=O)Nc1cc2c(cc1-c1nc3ccccc3s1)C[NH2+]CC2. The summed E-state index contributed by atoms with van der Waals surface area (Å²) in [4.78, 5) is 16.4. The monoisotopic (exact) mass is 324 g/mol. The van der Waals surface area contributed by atoms with Crippen LogP contribution in [0.25, 0.3) is 20.8 Å². The number of thiazole rings is 1. The number of fused-ring (bicyclic) bond motifs is 2. The average Bonchev–Trinajstić information content (AvgIpc) is 2.97. The second kappa shape index (κ2) is 5.76. The fourth-order valence-corrected chi connectivity index (χ4v) is 4.08. The number of carbonyl (C=O) groups is 1. The smallest absolute Gasteiger partial charge is 0.221 e. The number of benzene rings is 2. The Bertz CT molecular complexity index is 867. The van der Waals surface area contributed by atoms with Gasteiger partial charge >= 0.3 is 0 Å². The molecule has 0 unspecified atom stereocenters. The van der Waals surface area contributed by atoms with Gasteiger partial charge in [-0.1, -0.05) is 12.1 Å². The van der Waals surface area contributed by atoms with E-state index in [1.165, 1.54) is 15.8 Å². The molecule has 23 heavy (non-hydrogen) atoms. The third-order valence-corrected chi connectivity index (χ3v) is 5.23. The average molecular weight is 324 g/mol. The van der Waals surface area contributed by atoms with E-state index in [1.807, 2.05) is 18.2 Å². The highest BCUT2D eigenvalue weighted by atomic mass is 32.1. The van der Waals surface area contributed by atoms with Crippen molar-refractivity contribution in [2.75, 3.05) is 11.9 Å². The number of nitrogens with two attached hydrogens (primary N) is 1. The number of anilines is 1. The maximum Gasteiger partial charge on any atom is 0.221 e. The van der Waals surface area contributed by atoms with E-state index in [2.05, 4.69) is 28.8 Å². The molecule has 3 aromatic rings. The Morgan fingerprint density at radius 1 is 1.26 bits per heavy atom. The molecule has 2 aromatic carbocycles. The van der Waals surface area contributed by atoms with Crippen molar-refractivity contribution in [2.45, 2.75) is 19.9 Å². The minimum Gasteiger partial charge on any atom is -0.342 e. The van der Waals surface area contributed by atoms with Crippen molar-refractivity contribution in [3.05, 3.63) is 47.5 Å². The number of amides is 1. The first kappa shape index (κ1) is 14.4. The fourth-order valence-electron chi connectivity index (χ4n) is 3.08. The first-order valence-corrected chi connectivity index (χ1v) is 8.63. The number of aromatic nitrogens is 1. The van der Waals surface area contributed by atoms with Crippen LogP contribution in [0.5, 0.6) is 0 Å². The molecule has 3 N–H and O–H groups in total. The second-order valence-corrected chi connectivity index (χ2v) is 6.90. The number of nitrogens with one attached hydrogen (secondary N) is 1. The first-order valence-electron chi connectivity index (χ1n) is 7.82. The van der Waals surface area contributed by atoms with Gasteiger partial charge in [-0.15, -0.1) is 11.3 Å². The van der Waals surface area contributed by atoms with E-state index in [4.69, 9.17) is 4.98 Å². The summed E-state index contributed by atoms with van der Waals surface area (Å²) >= 11 is 1.67. The third kappa shape index (κ3) is 2.73. The van der Waals surface area contributed by atoms with E-state index in [9.17, 15) is 4.79 Å². The van der Waals surface area contributed by atoms with Gasteiger partial charge in [0.1, 0.15) is 11.6 Å². The van der Waals surface area contributed by atoms with E-state index in [0.717, 1.165) is 41.3 Å². The molecule has 0 fully saturated rings. The molecule has 0 saturated carbocycles. The zero-order valence-electron chi connectivity index (χ0n) is 12.9. The van der Waals surface area contributed by atoms with E-state index in [0.29, 0.717) is 0 Å². The van der Waals surface area contributed by atoms with Gasteiger partial charge in [-0.2, -0.15) is 0 Å². The Balaban J connectivity index is 1.89. The molecule has 1 aromatic heterocycles. The van der Waals surface area contributed by atoms with Gasteiger partial charge in [-0.25, -0.2) is 4.98 Å². The van der Waals surface area contributed by atoms with Crippen molar-refractivity contribution in [1.29, 1.82) is 0 Å². The van der Waals surface area contributed by atoms with Crippen molar-refractivity contribution in [2.24, 2.45) is 0 Å². The molecule has 4 nitrogen and oxygen atoms in total. The summed E-state index contributed by atoms with van der Waals surface area (Å²) in [7, 11) is 0. The minimum absolute atomic E-state index is 0.0466. The normalized spacial score (nSPS) is 13.8. The van der Waals surface area contributed by atoms with Crippen molar-refractivity contribution < 1.29 is 10.1 Å². The highest BCUT2D eigenvalue weighted by Gasteiger charge is 2.18. The van der Waals surface area contributed by atoms with Crippen molar-refractivity contribution in [3.8, 4) is 10.6 Å². The van der Waals surface area contributed by atoms with Crippen LogP contribution in [0.2, 0.25) is 0 Å². The van der Waals surface area contributed by atoms with Crippen LogP contribution in [-0.4, -0.2) is 17.4 Å². The lowest BCUT2D eigenvalue weighted by Gasteiger charge is -2.18. The molecule has 116 valence electrons. The molecule has 2 heterocycles. The zero-order valence-corrected chi connectivity index (χ0v) is 13.7. The van der Waals surface area contributed by atoms with Gasteiger partial charge in [-0.05, 0) is 29.8 Å². The van der Waals surface area contributed by atoms with Crippen LogP contribution in [-0.2, 0) is 17.8 Å². The fraction of sp³-hybridized carbons (Fsp3) is 0.222. The summed E-state index contributed by atoms with van der Waals surface area (Å²) in [5.74, 6) is -0.0466. The Hall–Kier alpha value is -2.24. The molecular formula is C18H18N3OS+. The summed E-state index contributed by atoms with van der Waals surface area (Å²) in [6, 6.07) is 12.5. The summed E-state index contributed by atoms with van der Waals surface area (Å²) in [5.41, 5.74) is 5.58. The van der Waals surface area contributed by atoms with Crippen LogP contribution in [0, 0.1) is 0 Å². The van der Waals surface area contributed by atoms with Crippen LogP contribution in [0.3, 0.4) is 0 Å². The van der Waals surface area contributed by atoms with Crippen LogP contribution in [0.15, 0.2) is 36.4 Å². The number of carbonyl (C=O) groups excluding carboxylic acids is 1. The van der Waals surface area contributed by atoms with Crippen molar-refractivity contribution in [1.82, 2.24) is 4.98 Å². The molecule has 0 bridgehead atoms. The lowest BCUT2D eigenvalue weighted by atomic mass is 9.97. The molecule has 0 atom stereocenters. The van der Waals surface area contributed by atoms with Gasteiger partial charge in [0.25, 0.3) is 0 Å². The molecule has 0 aliphatic carbocycles. The van der Waals surface area contributed by atoms with Gasteiger partial charge in [0.05, 0.1) is 22.4 Å². The standard InChI is InChI=1S/C18H17N3OS/c1-11(22)20-16-9-12-6-7-19-10-13(12)8-14(16)18-21-15-4-2-3-5-17(15)23-18/h2-5,8-9,19H,6-7,10H2,1H3,(H,20,22)/p+1. The summed E-state index contributed by atoms with van der Waals surface area (Å²) in [5, 5.41) is 6.27. The number of rotatable bonds is 2. The second-order valence-electron chi connectivity index (χ2n) is 5.87. The van der Waals surface area contributed by atoms with E-state index in [-0.39, 0.29) is 5.91 Å². The lowest BCUT2D eigenvalue weighted by Crippen LogP contribution is -2.84. The Labute approximate surface area is 138 Å². The predicted molar refractivity (Wildman–Crippen MR) is 93.6 cm³/mol. The summed E-state index contributed by atoms with van der Waals surface area (Å²) in [6.45, 7) is 3.65. The molecule has 1 aliphatic heterocycles. The third-order valence-electron chi connectivity index (χ3n) is 4.16. The summed E-state index contributed by atoms with van der Waals surface area (Å²) < 4.78 is 1.17. The molecular weight excluding hydrogens is 306 g/mol. The van der Waals surface area contributed by atoms with Crippen molar-refractivity contribution in [3.63, 3.8) is 0 Å². The maximum absolute atomic E-state index is 11.6. The molecule has 1 amide bonds. The Morgan fingerprint density at radius 3 is 2.96 bits per heavy atom. The van der Waals surface area contributed by atoms with Gasteiger partial charge in [0, 0.05) is 24.5 Å². The molecule has 4 rings (SSSR count). The quantitative estimate of drug-likeness (QED) is 0.761. The number of hydrogen-bond donors (Lipinski definition) is 2. The van der Waals surface area contributed by atoms with Gasteiger partial charge in [0.2, 0.25) is 5.91 Å². The molecule has 0 radical (unpaired) electrons. The minimum atomic E-state index is -0.0466. The van der Waals surface area contributed by atoms with Crippen LogP contribution >= 0.6 is 11.3 Å². The predicted octanol–water partition coefficient (Wildman–Crippen LogP) is 2.54. The maximum atomic E-state index is 11.6. The van der Waals surface area contributed by atoms with E-state index in [1.54, 1.807) is 18.3 Å². The van der Waals surface area contributed by atoms with Crippen molar-refractivity contribution >= 4 is 33.1 Å². The number of nitrogens with zero attached hydrogens (tertiary/aromatic N) is 1. The Morgan fingerprint density at radius 2 is 2.13 bits per heavy atom. The summed E-state index contributed by atoms with van der Waals surface area (Å²) in [6.07, 6.45) is 1.04. The number of quaternary nitrogens is 1. The highest BCUT2D eigenvalue weighted by Crippen LogP contribution is 2.36. The molecule has 0 spiro atoms. The van der Waals surface area contributed by atoms with Crippen LogP contribution < -0.4 is 10.6 Å². The highest BCUT2D eigenvalue weighted by molar-refractivity contribution is 7.21. The van der Waals surface area contributed by atoms with Gasteiger partial charge in [0.15, 0.2) is 0 Å². The van der Waals surface area contributed by atoms with Gasteiger partial charge in [-0.3, -0.25) is 4.79 Å². The lowest BCUT2D eigenvalue weighted by molar-refractivity contribution is -0.673. The van der Waals surface area contributed by atoms with Crippen LogP contribution in [0.4, 0.5) is 5.69 Å². The molecule has 5 heteroatoms. The molecule has 0 saturated heterocycles. The Kier molecular flexibility index (Phi) is 3.59.